The quantitative estimate of drug-likeness (QED) is 0.732. The van der Waals surface area contributed by atoms with E-state index in [1.165, 1.54) is 19.3 Å². The average Bonchev–Trinajstić information content (AvgIpc) is 2.54. The van der Waals surface area contributed by atoms with Crippen molar-refractivity contribution < 1.29 is 14.3 Å². The van der Waals surface area contributed by atoms with Crippen molar-refractivity contribution in [3.05, 3.63) is 0 Å². The van der Waals surface area contributed by atoms with Crippen LogP contribution in [-0.4, -0.2) is 42.6 Å². The Hall–Kier alpha value is -1.77. The van der Waals surface area contributed by atoms with Gasteiger partial charge in [0.15, 0.2) is 6.10 Å². The van der Waals surface area contributed by atoms with Crippen LogP contribution in [0.5, 0.6) is 0 Å². The van der Waals surface area contributed by atoms with E-state index < -0.39 is 12.2 Å². The van der Waals surface area contributed by atoms with Gasteiger partial charge in [-0.05, 0) is 26.2 Å². The molecule has 1 N–H and O–H groups in total. The van der Waals surface area contributed by atoms with E-state index in [2.05, 4.69) is 5.32 Å². The molecule has 1 aliphatic rings. The highest BCUT2D eigenvalue weighted by Gasteiger charge is 2.28. The van der Waals surface area contributed by atoms with Crippen LogP contribution in [0.3, 0.4) is 0 Å². The lowest BCUT2D eigenvalue weighted by atomic mass is 9.85. The molecule has 22 heavy (non-hydrogen) atoms. The predicted octanol–water partition coefficient (Wildman–Crippen LogP) is 2.44. The van der Waals surface area contributed by atoms with Gasteiger partial charge in [-0.3, -0.25) is 4.79 Å². The second-order valence-electron chi connectivity index (χ2n) is 5.66. The van der Waals surface area contributed by atoms with Gasteiger partial charge in [0.2, 0.25) is 0 Å². The zero-order valence-electron chi connectivity index (χ0n) is 13.6. The van der Waals surface area contributed by atoms with E-state index in [1.54, 1.807) is 4.90 Å². The Morgan fingerprint density at radius 2 is 1.91 bits per heavy atom. The van der Waals surface area contributed by atoms with E-state index >= 15 is 0 Å². The predicted molar refractivity (Wildman–Crippen MR) is 83.0 cm³/mol. The summed E-state index contributed by atoms with van der Waals surface area (Å²) in [6.45, 7) is 4.77. The molecule has 6 heteroatoms. The Kier molecular flexibility index (Phi) is 8.34. The van der Waals surface area contributed by atoms with Crippen LogP contribution in [-0.2, 0) is 9.53 Å². The summed E-state index contributed by atoms with van der Waals surface area (Å²) in [6, 6.07) is 1.87. The van der Waals surface area contributed by atoms with Gasteiger partial charge in [-0.25, -0.2) is 4.79 Å². The van der Waals surface area contributed by atoms with Crippen molar-refractivity contribution in [2.75, 3.05) is 19.6 Å². The normalized spacial score (nSPS) is 16.4. The van der Waals surface area contributed by atoms with Crippen LogP contribution in [0.25, 0.3) is 0 Å². The average molecular weight is 309 g/mol. The number of hydrogen-bond acceptors (Lipinski definition) is 4. The molecule has 0 bridgehead atoms. The van der Waals surface area contributed by atoms with Crippen molar-refractivity contribution in [1.82, 2.24) is 10.2 Å². The summed E-state index contributed by atoms with van der Waals surface area (Å²) in [5, 5.41) is 11.1. The lowest BCUT2D eigenvalue weighted by Gasteiger charge is -2.27. The third-order valence-electron chi connectivity index (χ3n) is 4.17. The molecule has 0 heterocycles. The molecular weight excluding hydrogens is 282 g/mol. The highest BCUT2D eigenvalue weighted by atomic mass is 16.6. The number of amides is 2. The minimum atomic E-state index is -0.801. The fourth-order valence-electron chi connectivity index (χ4n) is 2.85. The van der Waals surface area contributed by atoms with Crippen LogP contribution in [0, 0.1) is 17.2 Å². The summed E-state index contributed by atoms with van der Waals surface area (Å²) in [7, 11) is 0. The van der Waals surface area contributed by atoms with Gasteiger partial charge in [-0.1, -0.05) is 32.1 Å². The SMILES string of the molecule is CCN(CC)C(=O)OC(CC1CCCCC1)C(=O)NCC#N. The maximum Gasteiger partial charge on any atom is 0.410 e. The minimum absolute atomic E-state index is 0.0666. The third kappa shape index (κ3) is 5.92. The largest absolute Gasteiger partial charge is 0.436 e. The molecule has 124 valence electrons. The van der Waals surface area contributed by atoms with Crippen molar-refractivity contribution >= 4 is 12.0 Å². The Bertz CT molecular complexity index is 396. The molecule has 0 aromatic heterocycles. The molecule has 2 amide bonds. The highest BCUT2D eigenvalue weighted by molar-refractivity contribution is 5.83. The fraction of sp³-hybridized carbons (Fsp3) is 0.812. The molecule has 1 rings (SSSR count). The van der Waals surface area contributed by atoms with Gasteiger partial charge in [-0.2, -0.15) is 5.26 Å². The molecule has 1 saturated carbocycles. The zero-order chi connectivity index (χ0) is 16.4. The number of carbonyl (C=O) groups is 2. The Balaban J connectivity index is 2.65. The second-order valence-corrected chi connectivity index (χ2v) is 5.66. The Labute approximate surface area is 132 Å². The lowest BCUT2D eigenvalue weighted by Crippen LogP contribution is -2.42. The molecule has 0 saturated heterocycles. The van der Waals surface area contributed by atoms with Crippen LogP contribution in [0.15, 0.2) is 0 Å². The van der Waals surface area contributed by atoms with Crippen LogP contribution in [0.1, 0.15) is 52.4 Å². The second kappa shape index (κ2) is 10.0. The first kappa shape index (κ1) is 18.3. The number of carbonyl (C=O) groups excluding carboxylic acids is 2. The van der Waals surface area contributed by atoms with E-state index in [9.17, 15) is 9.59 Å². The summed E-state index contributed by atoms with van der Waals surface area (Å²) in [6.07, 6.45) is 5.01. The van der Waals surface area contributed by atoms with Crippen LogP contribution in [0.4, 0.5) is 4.79 Å². The van der Waals surface area contributed by atoms with E-state index in [0.717, 1.165) is 12.8 Å². The maximum atomic E-state index is 12.2. The van der Waals surface area contributed by atoms with Crippen molar-refractivity contribution in [3.8, 4) is 6.07 Å². The molecule has 1 fully saturated rings. The number of hydrogen-bond donors (Lipinski definition) is 1. The molecule has 6 nitrogen and oxygen atoms in total. The Morgan fingerprint density at radius 3 is 2.45 bits per heavy atom. The smallest absolute Gasteiger partial charge is 0.410 e. The Morgan fingerprint density at radius 1 is 1.27 bits per heavy atom. The molecule has 0 spiro atoms. The molecule has 0 radical (unpaired) electrons. The van der Waals surface area contributed by atoms with E-state index in [-0.39, 0.29) is 12.5 Å². The van der Waals surface area contributed by atoms with E-state index in [0.29, 0.717) is 25.4 Å². The standard InChI is InChI=1S/C16H27N3O3/c1-3-19(4-2)16(21)22-14(15(20)18-11-10-17)12-13-8-6-5-7-9-13/h13-14H,3-9,11-12H2,1-2H3,(H,18,20). The van der Waals surface area contributed by atoms with Crippen molar-refractivity contribution in [1.29, 1.82) is 5.26 Å². The number of rotatable bonds is 7. The van der Waals surface area contributed by atoms with Crippen molar-refractivity contribution in [3.63, 3.8) is 0 Å². The first-order valence-corrected chi connectivity index (χ1v) is 8.22. The van der Waals surface area contributed by atoms with Gasteiger partial charge in [0.05, 0.1) is 6.07 Å². The zero-order valence-corrected chi connectivity index (χ0v) is 13.6. The van der Waals surface area contributed by atoms with Crippen LogP contribution in [0.2, 0.25) is 0 Å². The summed E-state index contributed by atoms with van der Waals surface area (Å²) < 4.78 is 5.42. The van der Waals surface area contributed by atoms with E-state index in [4.69, 9.17) is 10.00 Å². The number of nitrogens with one attached hydrogen (secondary N) is 1. The molecule has 0 aromatic rings. The number of nitrogens with zero attached hydrogens (tertiary/aromatic N) is 2. The number of nitriles is 1. The fourth-order valence-corrected chi connectivity index (χ4v) is 2.85. The molecular formula is C16H27N3O3. The summed E-state index contributed by atoms with van der Waals surface area (Å²) in [5.41, 5.74) is 0. The maximum absolute atomic E-state index is 12.2. The summed E-state index contributed by atoms with van der Waals surface area (Å²) in [5.74, 6) is 0.0451. The van der Waals surface area contributed by atoms with Crippen LogP contribution < -0.4 is 5.32 Å². The topological polar surface area (TPSA) is 82.4 Å². The monoisotopic (exact) mass is 309 g/mol. The lowest BCUT2D eigenvalue weighted by molar-refractivity contribution is -0.130. The third-order valence-corrected chi connectivity index (χ3v) is 4.17. The van der Waals surface area contributed by atoms with Gasteiger partial charge in [-0.15, -0.1) is 0 Å². The van der Waals surface area contributed by atoms with Gasteiger partial charge >= 0.3 is 6.09 Å². The van der Waals surface area contributed by atoms with Crippen molar-refractivity contribution in [2.45, 2.75) is 58.5 Å². The van der Waals surface area contributed by atoms with Crippen LogP contribution >= 0.6 is 0 Å². The molecule has 0 aliphatic heterocycles. The first-order chi connectivity index (χ1) is 10.6. The molecule has 1 aliphatic carbocycles. The minimum Gasteiger partial charge on any atom is -0.436 e. The highest BCUT2D eigenvalue weighted by Crippen LogP contribution is 2.28. The first-order valence-electron chi connectivity index (χ1n) is 8.22. The number of ether oxygens (including phenoxy) is 1. The van der Waals surface area contributed by atoms with Gasteiger partial charge in [0.25, 0.3) is 5.91 Å². The van der Waals surface area contributed by atoms with E-state index in [1.807, 2.05) is 19.9 Å². The molecule has 0 aromatic carbocycles. The molecule has 1 atom stereocenters. The van der Waals surface area contributed by atoms with Gasteiger partial charge in [0.1, 0.15) is 6.54 Å². The molecule has 1 unspecified atom stereocenters. The van der Waals surface area contributed by atoms with Gasteiger partial charge in [0, 0.05) is 13.1 Å². The summed E-state index contributed by atoms with van der Waals surface area (Å²) >= 11 is 0. The van der Waals surface area contributed by atoms with Gasteiger partial charge < -0.3 is 15.0 Å². The van der Waals surface area contributed by atoms with Crippen molar-refractivity contribution in [2.24, 2.45) is 5.92 Å². The summed E-state index contributed by atoms with van der Waals surface area (Å²) in [4.78, 5) is 25.8.